The summed E-state index contributed by atoms with van der Waals surface area (Å²) in [7, 11) is -0.220. The van der Waals surface area contributed by atoms with Crippen LogP contribution < -0.4 is 89.1 Å². The zero-order chi connectivity index (χ0) is 42.1. The Labute approximate surface area is 449 Å². The van der Waals surface area contributed by atoms with Crippen molar-refractivity contribution < 1.29 is 107 Å². The van der Waals surface area contributed by atoms with Crippen LogP contribution in [0.5, 0.6) is 0 Å². The van der Waals surface area contributed by atoms with Gasteiger partial charge in [0.05, 0.1) is 12.1 Å². The van der Waals surface area contributed by atoms with E-state index in [1.54, 1.807) is 12.1 Å². The molecule has 2 atom stereocenters. The van der Waals surface area contributed by atoms with Crippen molar-refractivity contribution in [3.63, 3.8) is 0 Å². The van der Waals surface area contributed by atoms with E-state index in [1.807, 2.05) is 0 Å². The fourth-order valence-electron chi connectivity index (χ4n) is 6.10. The topological polar surface area (TPSA) is 92.5 Å². The summed E-state index contributed by atoms with van der Waals surface area (Å²) in [4.78, 5) is 10.8. The minimum Gasteiger partial charge on any atom is -1.00 e. The van der Waals surface area contributed by atoms with Crippen LogP contribution in [0.1, 0.15) is 59.3 Å². The van der Waals surface area contributed by atoms with Crippen molar-refractivity contribution in [1.82, 2.24) is 0 Å². The quantitative estimate of drug-likeness (QED) is 0.0896. The summed E-state index contributed by atoms with van der Waals surface area (Å²) in [6.07, 6.45) is 6.09. The van der Waals surface area contributed by atoms with Crippen LogP contribution in [-0.2, 0) is 34.1 Å². The van der Waals surface area contributed by atoms with Crippen molar-refractivity contribution >= 4 is 49.5 Å². The van der Waals surface area contributed by atoms with E-state index in [9.17, 15) is 0 Å². The molecule has 0 fully saturated rings. The van der Waals surface area contributed by atoms with E-state index in [0.717, 1.165) is 19.4 Å². The maximum absolute atomic E-state index is 7.32. The van der Waals surface area contributed by atoms with E-state index in [-0.39, 0.29) is 114 Å². The van der Waals surface area contributed by atoms with Crippen LogP contribution in [0.15, 0.2) is 168 Å². The predicted molar refractivity (Wildman–Crippen MR) is 253 cm³/mol. The predicted octanol–water partition coefficient (Wildman–Crippen LogP) is -1.21. The monoisotopic (exact) mass is 1230 g/mol. The Kier molecular flexibility index (Phi) is 42.0. The summed E-state index contributed by atoms with van der Waals surface area (Å²) in [6.45, 7) is 11.5. The van der Waals surface area contributed by atoms with E-state index in [2.05, 4.69) is 198 Å². The SMILES string of the molecule is CC#N.CC#N.CO.Cc1ccc(P(CC=N[C@H](c2ccccc2)[C@H](N=CCP(c2ccc(C)cc2)c2ccc(C)cc2)c2ccccc2)c2ccc(C)cc2)cc1.[Br-].[Br-].[Br-].[Br-].[Fe+2].[Fe+2]. The van der Waals surface area contributed by atoms with Crippen LogP contribution in [0.3, 0.4) is 0 Å². The Bertz CT molecular complexity index is 1960. The first kappa shape index (κ1) is 68.0. The average molecular weight is 1230 g/mol. The van der Waals surface area contributed by atoms with Gasteiger partial charge in [-0.05, 0) is 75.9 Å². The first-order valence-electron chi connectivity index (χ1n) is 19.3. The number of nitrogens with zero attached hydrogens (tertiary/aromatic N) is 4. The fraction of sp³-hybridized carbons (Fsp3) is 0.216. The number of rotatable bonds is 13. The molecule has 0 spiro atoms. The first-order valence-corrected chi connectivity index (χ1v) is 22.3. The number of hydrogen-bond donors (Lipinski definition) is 1. The van der Waals surface area contributed by atoms with Crippen molar-refractivity contribution in [3.8, 4) is 12.1 Å². The summed E-state index contributed by atoms with van der Waals surface area (Å²) in [5.41, 5.74) is 7.46. The molecule has 0 aliphatic heterocycles. The van der Waals surface area contributed by atoms with Gasteiger partial charge in [-0.15, -0.1) is 0 Å². The smallest absolute Gasteiger partial charge is 1.00 e. The van der Waals surface area contributed by atoms with Gasteiger partial charge in [-0.25, -0.2) is 0 Å². The molecule has 0 heterocycles. The average Bonchev–Trinajstić information content (AvgIpc) is 3.25. The van der Waals surface area contributed by atoms with Crippen LogP contribution in [-0.4, -0.2) is 37.0 Å². The van der Waals surface area contributed by atoms with E-state index >= 15 is 0 Å². The molecule has 64 heavy (non-hydrogen) atoms. The molecular formula is C51H56Br4Fe2N4OP2. The molecule has 0 aromatic heterocycles. The molecular weight excluding hydrogens is 1180 g/mol. The molecule has 0 aliphatic rings. The van der Waals surface area contributed by atoms with Gasteiger partial charge in [0.1, 0.15) is 12.1 Å². The molecule has 6 aromatic carbocycles. The van der Waals surface area contributed by atoms with E-state index in [0.29, 0.717) is 0 Å². The maximum atomic E-state index is 7.32. The van der Waals surface area contributed by atoms with Gasteiger partial charge in [0.2, 0.25) is 0 Å². The van der Waals surface area contributed by atoms with Crippen LogP contribution in [0.25, 0.3) is 0 Å². The summed E-state index contributed by atoms with van der Waals surface area (Å²) in [5.74, 6) is 0. The summed E-state index contributed by atoms with van der Waals surface area (Å²) in [6, 6.07) is 60.7. The number of aliphatic imine (C=N–C) groups is 2. The zero-order valence-corrected chi connectivity index (χ0v) is 47.4. The number of nitriles is 2. The van der Waals surface area contributed by atoms with Crippen molar-refractivity contribution in [2.75, 3.05) is 19.4 Å². The molecule has 340 valence electrons. The van der Waals surface area contributed by atoms with Crippen LogP contribution in [0.4, 0.5) is 0 Å². The van der Waals surface area contributed by atoms with Crippen LogP contribution in [0.2, 0.25) is 0 Å². The van der Waals surface area contributed by atoms with Crippen LogP contribution >= 0.6 is 15.8 Å². The second kappa shape index (κ2) is 39.6. The fourth-order valence-corrected chi connectivity index (χ4v) is 10.1. The maximum Gasteiger partial charge on any atom is 2.00 e. The van der Waals surface area contributed by atoms with Gasteiger partial charge in [0.25, 0.3) is 0 Å². The van der Waals surface area contributed by atoms with Gasteiger partial charge < -0.3 is 73.0 Å². The van der Waals surface area contributed by atoms with Gasteiger partial charge in [-0.3, -0.25) is 9.98 Å². The standard InChI is InChI=1S/C46H46N2P2.2C2H3N.CH4O.4BrH.2Fe/c1-35-15-23-41(24-16-35)49(42-25-17-36(2)18-26-42)33-31-47-45(39-11-7-5-8-12-39)46(40-13-9-6-10-14-40)48-32-34-50(43-27-19-37(3)20-28-43)44-29-21-38(4)22-30-44;2*1-2-3;1-2;;;;;;/h5-32,45-46H,33-34H2,1-4H3;2*1H3;2H,1H3;4*1H;;/q;;;;;;;;2*+2/p-4/t45-,46-;;;;;;;;;/m1........./s1. The van der Waals surface area contributed by atoms with Gasteiger partial charge >= 0.3 is 34.1 Å². The van der Waals surface area contributed by atoms with Crippen LogP contribution in [0, 0.1) is 50.4 Å². The molecule has 1 N–H and O–H groups in total. The third-order valence-corrected chi connectivity index (χ3v) is 13.8. The Morgan fingerprint density at radius 3 is 0.844 bits per heavy atom. The summed E-state index contributed by atoms with van der Waals surface area (Å²) >= 11 is 0. The zero-order valence-electron chi connectivity index (χ0n) is 37.1. The van der Waals surface area contributed by atoms with Gasteiger partial charge in [0.15, 0.2) is 0 Å². The normalized spacial score (nSPS) is 10.5. The Balaban J connectivity index is -0.00000120. The Morgan fingerprint density at radius 1 is 0.438 bits per heavy atom. The first-order chi connectivity index (χ1) is 28.3. The minimum atomic E-state index is -0.610. The Hall–Kier alpha value is -2.58. The molecule has 0 saturated carbocycles. The van der Waals surface area contributed by atoms with E-state index in [4.69, 9.17) is 25.6 Å². The third kappa shape index (κ3) is 23.2. The molecule has 0 radical (unpaired) electrons. The largest absolute Gasteiger partial charge is 2.00 e. The molecule has 6 rings (SSSR count). The van der Waals surface area contributed by atoms with Gasteiger partial charge in [0, 0.05) is 45.7 Å². The molecule has 0 unspecified atom stereocenters. The van der Waals surface area contributed by atoms with Crippen molar-refractivity contribution in [3.05, 3.63) is 191 Å². The number of aliphatic hydroxyl groups excluding tert-OH is 1. The Morgan fingerprint density at radius 2 is 0.641 bits per heavy atom. The summed E-state index contributed by atoms with van der Waals surface area (Å²) < 4.78 is 0. The van der Waals surface area contributed by atoms with E-state index < -0.39 is 15.8 Å². The molecule has 0 aliphatic carbocycles. The molecule has 0 amide bonds. The number of aryl methyl sites for hydroxylation is 4. The second-order valence-corrected chi connectivity index (χ2v) is 17.9. The van der Waals surface area contributed by atoms with Crippen molar-refractivity contribution in [1.29, 1.82) is 10.5 Å². The summed E-state index contributed by atoms with van der Waals surface area (Å²) in [5, 5.41) is 27.1. The van der Waals surface area contributed by atoms with Gasteiger partial charge in [-0.2, -0.15) is 10.5 Å². The van der Waals surface area contributed by atoms with Crippen molar-refractivity contribution in [2.24, 2.45) is 9.98 Å². The van der Waals surface area contributed by atoms with Crippen molar-refractivity contribution in [2.45, 2.75) is 53.6 Å². The number of hydrogen-bond acceptors (Lipinski definition) is 5. The minimum absolute atomic E-state index is 0. The molecule has 0 bridgehead atoms. The number of aliphatic hydroxyl groups is 1. The van der Waals surface area contributed by atoms with Gasteiger partial charge in [-0.1, -0.05) is 180 Å². The second-order valence-electron chi connectivity index (χ2n) is 13.4. The molecule has 13 heteroatoms. The molecule has 6 aromatic rings. The number of benzene rings is 6. The molecule has 5 nitrogen and oxygen atoms in total. The molecule has 0 saturated heterocycles. The number of halogens is 4. The van der Waals surface area contributed by atoms with E-state index in [1.165, 1.54) is 68.4 Å². The third-order valence-electron chi connectivity index (χ3n) is 9.02.